The lowest BCUT2D eigenvalue weighted by atomic mass is 10.1. The zero-order valence-electron chi connectivity index (χ0n) is 23.7. The number of carbonyl (C=O) groups is 1. The van der Waals surface area contributed by atoms with Gasteiger partial charge in [0.15, 0.2) is 10.9 Å². The van der Waals surface area contributed by atoms with Gasteiger partial charge in [0.2, 0.25) is 0 Å². The van der Waals surface area contributed by atoms with Crippen molar-refractivity contribution in [2.24, 2.45) is 4.99 Å². The fourth-order valence-corrected chi connectivity index (χ4v) is 6.81. The maximum Gasteiger partial charge on any atom is 0.269 e. The Bertz CT molecular complexity index is 2020. The van der Waals surface area contributed by atoms with E-state index in [0.717, 1.165) is 22.0 Å². The average molecular weight is 712 g/mol. The van der Waals surface area contributed by atoms with Crippen LogP contribution in [-0.4, -0.2) is 32.4 Å². The van der Waals surface area contributed by atoms with Gasteiger partial charge in [0.05, 0.1) is 35.6 Å². The molecule has 232 valence electrons. The van der Waals surface area contributed by atoms with Gasteiger partial charge in [-0.2, -0.15) is 0 Å². The molecule has 0 unspecified atom stereocenters. The minimum absolute atomic E-state index is 0.0472. The van der Waals surface area contributed by atoms with E-state index < -0.39 is 4.92 Å². The summed E-state index contributed by atoms with van der Waals surface area (Å²) in [5.41, 5.74) is 3.89. The lowest BCUT2D eigenvalue weighted by Gasteiger charge is -2.15. The summed E-state index contributed by atoms with van der Waals surface area (Å²) in [6.45, 7) is 0.527. The molecule has 6 rings (SSSR count). The molecule has 1 amide bonds. The quantitative estimate of drug-likeness (QED) is 0.0932. The summed E-state index contributed by atoms with van der Waals surface area (Å²) >= 11 is 26.5. The summed E-state index contributed by atoms with van der Waals surface area (Å²) < 4.78 is 5.89. The van der Waals surface area contributed by atoms with Gasteiger partial charge in [0, 0.05) is 35.8 Å². The number of aromatic amines is 1. The number of ether oxygens (including phenoxy) is 1. The lowest BCUT2D eigenvalue weighted by molar-refractivity contribution is -0.384. The molecule has 0 bridgehead atoms. The molecule has 1 fully saturated rings. The number of benzene rings is 4. The maximum absolute atomic E-state index is 13.8. The number of amidine groups is 1. The van der Waals surface area contributed by atoms with Crippen LogP contribution in [0.15, 0.2) is 95.0 Å². The van der Waals surface area contributed by atoms with Crippen LogP contribution in [0.1, 0.15) is 16.7 Å². The Hall–Kier alpha value is -3.99. The van der Waals surface area contributed by atoms with E-state index in [9.17, 15) is 14.9 Å². The van der Waals surface area contributed by atoms with Crippen molar-refractivity contribution < 1.29 is 14.5 Å². The van der Waals surface area contributed by atoms with E-state index in [2.05, 4.69) is 9.98 Å². The normalized spacial score (nSPS) is 15.0. The first-order valence-electron chi connectivity index (χ1n) is 13.8. The third-order valence-corrected chi connectivity index (χ3v) is 9.45. The predicted octanol–water partition coefficient (Wildman–Crippen LogP) is 10.1. The van der Waals surface area contributed by atoms with Crippen molar-refractivity contribution in [3.05, 3.63) is 137 Å². The van der Waals surface area contributed by atoms with Crippen LogP contribution in [0.4, 0.5) is 11.4 Å². The Kier molecular flexibility index (Phi) is 9.58. The molecule has 1 aromatic heterocycles. The number of nitro groups is 1. The summed E-state index contributed by atoms with van der Waals surface area (Å²) in [5, 5.41) is 14.0. The van der Waals surface area contributed by atoms with Crippen LogP contribution in [0, 0.1) is 10.1 Å². The van der Waals surface area contributed by atoms with Gasteiger partial charge in [0.25, 0.3) is 11.6 Å². The number of rotatable bonds is 9. The van der Waals surface area contributed by atoms with E-state index in [1.54, 1.807) is 53.4 Å². The number of halogens is 4. The highest BCUT2D eigenvalue weighted by Crippen LogP contribution is 2.39. The summed E-state index contributed by atoms with van der Waals surface area (Å²) in [6.07, 6.45) is 4.22. The number of amides is 1. The molecule has 1 saturated heterocycles. The molecule has 4 aromatic carbocycles. The summed E-state index contributed by atoms with van der Waals surface area (Å²) in [6, 6.07) is 22.3. The minimum atomic E-state index is -0.473. The van der Waals surface area contributed by atoms with Gasteiger partial charge in [-0.15, -0.1) is 0 Å². The molecule has 0 radical (unpaired) electrons. The number of non-ortho nitro benzene ring substituents is 1. The second-order valence-electron chi connectivity index (χ2n) is 10.2. The second-order valence-corrected chi connectivity index (χ2v) is 12.8. The predicted molar refractivity (Wildman–Crippen MR) is 187 cm³/mol. The SMILES string of the molecule is O=C1/C(=C/c2cc(Cl)c(OCc3ccc(Cl)c(Cl)c3)c(Cl)c2)SC(=Nc2ccc([N+](=O)[O-])cc2)N1CCc1c[nH]c2ccccc12. The third-order valence-electron chi connectivity index (χ3n) is 7.14. The number of nitrogens with zero attached hydrogens (tertiary/aromatic N) is 3. The zero-order chi connectivity index (χ0) is 32.4. The number of hydrogen-bond donors (Lipinski definition) is 1. The number of nitro benzene ring substituents is 1. The van der Waals surface area contributed by atoms with Crippen molar-refractivity contribution in [3.8, 4) is 5.75 Å². The van der Waals surface area contributed by atoms with Crippen LogP contribution in [0.25, 0.3) is 17.0 Å². The molecule has 0 saturated carbocycles. The molecule has 8 nitrogen and oxygen atoms in total. The van der Waals surface area contributed by atoms with Crippen molar-refractivity contribution >= 4 is 97.6 Å². The molecule has 0 atom stereocenters. The zero-order valence-corrected chi connectivity index (χ0v) is 27.5. The number of para-hydroxylation sites is 1. The smallest absolute Gasteiger partial charge is 0.269 e. The monoisotopic (exact) mass is 710 g/mol. The van der Waals surface area contributed by atoms with Crippen molar-refractivity contribution in [2.45, 2.75) is 13.0 Å². The maximum atomic E-state index is 13.8. The number of H-pyrrole nitrogens is 1. The van der Waals surface area contributed by atoms with Gasteiger partial charge >= 0.3 is 0 Å². The Morgan fingerprint density at radius 1 is 0.935 bits per heavy atom. The second kappa shape index (κ2) is 13.8. The molecule has 1 N–H and O–H groups in total. The van der Waals surface area contributed by atoms with E-state index in [-0.39, 0.29) is 28.2 Å². The molecule has 0 aliphatic carbocycles. The molecular formula is C33H22Cl4N4O4S. The fourth-order valence-electron chi connectivity index (χ4n) is 4.86. The molecule has 46 heavy (non-hydrogen) atoms. The highest BCUT2D eigenvalue weighted by atomic mass is 35.5. The Morgan fingerprint density at radius 2 is 1.67 bits per heavy atom. The topological polar surface area (TPSA) is 101 Å². The van der Waals surface area contributed by atoms with E-state index in [1.807, 2.05) is 30.5 Å². The Balaban J connectivity index is 1.26. The van der Waals surface area contributed by atoms with Gasteiger partial charge < -0.3 is 9.72 Å². The Labute approximate surface area is 287 Å². The van der Waals surface area contributed by atoms with Crippen molar-refractivity contribution in [1.82, 2.24) is 9.88 Å². The van der Waals surface area contributed by atoms with Crippen LogP contribution in [0.3, 0.4) is 0 Å². The highest BCUT2D eigenvalue weighted by molar-refractivity contribution is 8.18. The van der Waals surface area contributed by atoms with Crippen molar-refractivity contribution in [1.29, 1.82) is 0 Å². The highest BCUT2D eigenvalue weighted by Gasteiger charge is 2.33. The molecule has 2 heterocycles. The van der Waals surface area contributed by atoms with Gasteiger partial charge in [-0.3, -0.25) is 19.8 Å². The van der Waals surface area contributed by atoms with Crippen LogP contribution in [-0.2, 0) is 17.8 Å². The fraction of sp³-hybridized carbons (Fsp3) is 0.0909. The van der Waals surface area contributed by atoms with Crippen LogP contribution in [0.5, 0.6) is 5.75 Å². The lowest BCUT2D eigenvalue weighted by Crippen LogP contribution is -2.31. The molecule has 1 aliphatic heterocycles. The van der Waals surface area contributed by atoms with Gasteiger partial charge in [0.1, 0.15) is 6.61 Å². The average Bonchev–Trinajstić information content (AvgIpc) is 3.57. The number of thioether (sulfide) groups is 1. The minimum Gasteiger partial charge on any atom is -0.486 e. The van der Waals surface area contributed by atoms with E-state index in [4.69, 9.17) is 51.1 Å². The largest absolute Gasteiger partial charge is 0.486 e. The van der Waals surface area contributed by atoms with Crippen molar-refractivity contribution in [2.75, 3.05) is 6.54 Å². The van der Waals surface area contributed by atoms with Crippen LogP contribution in [0.2, 0.25) is 20.1 Å². The van der Waals surface area contributed by atoms with Gasteiger partial charge in [-0.25, -0.2) is 4.99 Å². The molecular weight excluding hydrogens is 690 g/mol. The van der Waals surface area contributed by atoms with Crippen LogP contribution >= 0.6 is 58.2 Å². The van der Waals surface area contributed by atoms with Gasteiger partial charge in [-0.1, -0.05) is 70.7 Å². The van der Waals surface area contributed by atoms with Crippen molar-refractivity contribution in [3.63, 3.8) is 0 Å². The molecule has 0 spiro atoms. The molecule has 5 aromatic rings. The Morgan fingerprint density at radius 3 is 2.39 bits per heavy atom. The van der Waals surface area contributed by atoms with E-state index in [1.165, 1.54) is 23.9 Å². The van der Waals surface area contributed by atoms with E-state index in [0.29, 0.717) is 50.1 Å². The number of carbonyl (C=O) groups excluding carboxylic acids is 1. The van der Waals surface area contributed by atoms with E-state index >= 15 is 0 Å². The third kappa shape index (κ3) is 7.04. The number of aliphatic imine (C=N–C) groups is 1. The summed E-state index contributed by atoms with van der Waals surface area (Å²) in [7, 11) is 0. The number of fused-ring (bicyclic) bond motifs is 1. The first kappa shape index (κ1) is 32.0. The standard InChI is InChI=1S/C33H22Cl4N4O4S/c34-25-10-5-19(13-26(25)35)18-45-31-27(36)14-20(15-28(31)37)16-30-32(42)40(12-11-21-17-38-29-4-2-1-3-24(21)29)33(46-30)39-22-6-8-23(9-7-22)41(43)44/h1-10,13-17,38H,11-12,18H2/b30-16-,39-33?. The number of nitrogens with one attached hydrogen (secondary N) is 1. The van der Waals surface area contributed by atoms with Crippen LogP contribution < -0.4 is 4.74 Å². The number of hydrogen-bond acceptors (Lipinski definition) is 6. The molecule has 1 aliphatic rings. The summed E-state index contributed by atoms with van der Waals surface area (Å²) in [5.74, 6) is 0.0560. The molecule has 13 heteroatoms. The number of aromatic nitrogens is 1. The first-order chi connectivity index (χ1) is 22.2. The first-order valence-corrected chi connectivity index (χ1v) is 16.1. The van der Waals surface area contributed by atoms with Gasteiger partial charge in [-0.05, 0) is 83.4 Å². The summed E-state index contributed by atoms with van der Waals surface area (Å²) in [4.78, 5) is 34.4.